The van der Waals surface area contributed by atoms with Gasteiger partial charge < -0.3 is 10.0 Å². The van der Waals surface area contributed by atoms with Crippen LogP contribution in [-0.2, 0) is 19.6 Å². The number of aliphatic carboxylic acids is 1. The number of carboxylic acids is 1. The number of carboxylic acid groups (broad SMARTS) is 1. The Labute approximate surface area is 135 Å². The summed E-state index contributed by atoms with van der Waals surface area (Å²) in [6.45, 7) is 0.190. The highest BCUT2D eigenvalue weighted by atomic mass is 32.2. The molecule has 1 amide bonds. The number of amides is 1. The van der Waals surface area contributed by atoms with Crippen molar-refractivity contribution < 1.29 is 23.1 Å². The number of nitrogens with one attached hydrogen (secondary N) is 1. The fourth-order valence-electron chi connectivity index (χ4n) is 2.89. The van der Waals surface area contributed by atoms with E-state index in [1.807, 2.05) is 6.07 Å². The van der Waals surface area contributed by atoms with Crippen LogP contribution in [0.4, 0.5) is 0 Å². The number of hydrogen-bond acceptors (Lipinski definition) is 4. The van der Waals surface area contributed by atoms with Crippen molar-refractivity contribution in [3.05, 3.63) is 35.9 Å². The van der Waals surface area contributed by atoms with Crippen LogP contribution in [0, 0.1) is 5.92 Å². The van der Waals surface area contributed by atoms with Gasteiger partial charge in [0.1, 0.15) is 0 Å². The van der Waals surface area contributed by atoms with Crippen molar-refractivity contribution in [3.8, 4) is 0 Å². The summed E-state index contributed by atoms with van der Waals surface area (Å²) in [6, 6.07) is 8.39. The molecule has 23 heavy (non-hydrogen) atoms. The second-order valence-corrected chi connectivity index (χ2v) is 7.43. The highest BCUT2D eigenvalue weighted by molar-refractivity contribution is 7.88. The molecule has 2 N–H and O–H groups in total. The minimum absolute atomic E-state index is 0.0558. The maximum atomic E-state index is 12.3. The highest BCUT2D eigenvalue weighted by Gasteiger charge is 2.40. The summed E-state index contributed by atoms with van der Waals surface area (Å²) in [5.41, 5.74) is 0.743. The number of carbonyl (C=O) groups excluding carboxylic acids is 1. The molecule has 126 valence electrons. The van der Waals surface area contributed by atoms with Crippen LogP contribution in [0.15, 0.2) is 30.3 Å². The second kappa shape index (κ2) is 7.10. The maximum absolute atomic E-state index is 12.3. The molecule has 1 aliphatic heterocycles. The summed E-state index contributed by atoms with van der Waals surface area (Å²) < 4.78 is 24.7. The van der Waals surface area contributed by atoms with E-state index in [0.29, 0.717) is 0 Å². The first-order chi connectivity index (χ1) is 10.8. The van der Waals surface area contributed by atoms with E-state index in [-0.39, 0.29) is 31.8 Å². The Hall–Kier alpha value is -1.93. The summed E-state index contributed by atoms with van der Waals surface area (Å²) in [6.07, 6.45) is 1.47. The summed E-state index contributed by atoms with van der Waals surface area (Å²) in [4.78, 5) is 25.3. The van der Waals surface area contributed by atoms with E-state index in [0.717, 1.165) is 11.8 Å². The largest absolute Gasteiger partial charge is 0.481 e. The van der Waals surface area contributed by atoms with Gasteiger partial charge in [0.2, 0.25) is 15.9 Å². The zero-order valence-corrected chi connectivity index (χ0v) is 13.6. The van der Waals surface area contributed by atoms with Gasteiger partial charge in [-0.15, -0.1) is 0 Å². The van der Waals surface area contributed by atoms with Gasteiger partial charge in [-0.1, -0.05) is 30.3 Å². The normalized spacial score (nSPS) is 22.1. The van der Waals surface area contributed by atoms with E-state index in [4.69, 9.17) is 0 Å². The Morgan fingerprint density at radius 3 is 2.57 bits per heavy atom. The lowest BCUT2D eigenvalue weighted by Crippen LogP contribution is -2.48. The SMILES string of the molecule is CS(=O)(=O)NCCN1C(=O)CC[C@H](C(=O)O)[C@@H]1c1ccccc1. The molecule has 8 heteroatoms. The van der Waals surface area contributed by atoms with Crippen LogP contribution >= 0.6 is 0 Å². The Kier molecular flexibility index (Phi) is 5.38. The third kappa shape index (κ3) is 4.52. The van der Waals surface area contributed by atoms with Crippen molar-refractivity contribution in [1.29, 1.82) is 0 Å². The Balaban J connectivity index is 2.26. The van der Waals surface area contributed by atoms with Crippen LogP contribution in [0.3, 0.4) is 0 Å². The zero-order chi connectivity index (χ0) is 17.0. The molecule has 0 saturated carbocycles. The molecule has 2 atom stereocenters. The molecule has 0 aliphatic carbocycles. The van der Waals surface area contributed by atoms with Crippen molar-refractivity contribution in [2.24, 2.45) is 5.92 Å². The quantitative estimate of drug-likeness (QED) is 0.789. The van der Waals surface area contributed by atoms with Crippen molar-refractivity contribution >= 4 is 21.9 Å². The van der Waals surface area contributed by atoms with Crippen LogP contribution in [0.1, 0.15) is 24.4 Å². The van der Waals surface area contributed by atoms with Crippen LogP contribution < -0.4 is 4.72 Å². The molecule has 1 heterocycles. The third-order valence-corrected chi connectivity index (χ3v) is 4.61. The van der Waals surface area contributed by atoms with Gasteiger partial charge >= 0.3 is 5.97 Å². The van der Waals surface area contributed by atoms with Crippen molar-refractivity contribution in [1.82, 2.24) is 9.62 Å². The molecule has 2 rings (SSSR count). The van der Waals surface area contributed by atoms with Gasteiger partial charge in [0, 0.05) is 19.5 Å². The lowest BCUT2D eigenvalue weighted by molar-refractivity contribution is -0.152. The fraction of sp³-hybridized carbons (Fsp3) is 0.467. The first-order valence-corrected chi connectivity index (χ1v) is 9.20. The first-order valence-electron chi connectivity index (χ1n) is 7.31. The Morgan fingerprint density at radius 1 is 1.35 bits per heavy atom. The minimum atomic E-state index is -3.36. The van der Waals surface area contributed by atoms with Crippen molar-refractivity contribution in [2.45, 2.75) is 18.9 Å². The second-order valence-electron chi connectivity index (χ2n) is 5.59. The summed E-state index contributed by atoms with van der Waals surface area (Å²) in [5.74, 6) is -1.81. The van der Waals surface area contributed by atoms with Gasteiger partial charge in [-0.3, -0.25) is 9.59 Å². The number of piperidine rings is 1. The number of hydrogen-bond donors (Lipinski definition) is 2. The number of carbonyl (C=O) groups is 2. The molecule has 1 aliphatic rings. The number of rotatable bonds is 6. The van der Waals surface area contributed by atoms with Gasteiger partial charge in [0.15, 0.2) is 0 Å². The molecule has 0 aromatic heterocycles. The number of sulfonamides is 1. The topological polar surface area (TPSA) is 104 Å². The third-order valence-electron chi connectivity index (χ3n) is 3.88. The molecule has 1 aromatic rings. The van der Waals surface area contributed by atoms with Crippen LogP contribution in [-0.4, -0.2) is 49.6 Å². The molecular weight excluding hydrogens is 320 g/mol. The summed E-state index contributed by atoms with van der Waals surface area (Å²) >= 11 is 0. The standard InChI is InChI=1S/C15H20N2O5S/c1-23(21,22)16-9-10-17-13(18)8-7-12(15(19)20)14(17)11-5-3-2-4-6-11/h2-6,12,14,16H,7-10H2,1H3,(H,19,20)/t12-,14-/m0/s1. The minimum Gasteiger partial charge on any atom is -0.481 e. The predicted molar refractivity (Wildman–Crippen MR) is 84.1 cm³/mol. The van der Waals surface area contributed by atoms with E-state index in [2.05, 4.69) is 4.72 Å². The van der Waals surface area contributed by atoms with Crippen molar-refractivity contribution in [3.63, 3.8) is 0 Å². The Bertz CT molecular complexity index is 674. The van der Waals surface area contributed by atoms with Gasteiger partial charge in [0.05, 0.1) is 18.2 Å². The van der Waals surface area contributed by atoms with Crippen LogP contribution in [0.5, 0.6) is 0 Å². The number of nitrogens with zero attached hydrogens (tertiary/aromatic N) is 1. The first kappa shape index (κ1) is 17.4. The van der Waals surface area contributed by atoms with Gasteiger partial charge in [0.25, 0.3) is 0 Å². The molecule has 1 saturated heterocycles. The van der Waals surface area contributed by atoms with E-state index >= 15 is 0 Å². The van der Waals surface area contributed by atoms with Crippen LogP contribution in [0.25, 0.3) is 0 Å². The van der Waals surface area contributed by atoms with Crippen molar-refractivity contribution in [2.75, 3.05) is 19.3 Å². The summed E-state index contributed by atoms with van der Waals surface area (Å²) in [5, 5.41) is 9.48. The van der Waals surface area contributed by atoms with E-state index in [9.17, 15) is 23.1 Å². The van der Waals surface area contributed by atoms with E-state index < -0.39 is 28.0 Å². The maximum Gasteiger partial charge on any atom is 0.308 e. The molecule has 7 nitrogen and oxygen atoms in total. The molecule has 0 spiro atoms. The number of benzene rings is 1. The predicted octanol–water partition coefficient (Wildman–Crippen LogP) is 0.600. The molecule has 0 radical (unpaired) electrons. The number of likely N-dealkylation sites (tertiary alicyclic amines) is 1. The molecular formula is C15H20N2O5S. The molecule has 1 aromatic carbocycles. The van der Waals surface area contributed by atoms with Gasteiger partial charge in [-0.2, -0.15) is 0 Å². The lowest BCUT2D eigenvalue weighted by atomic mass is 9.84. The smallest absolute Gasteiger partial charge is 0.308 e. The van der Waals surface area contributed by atoms with Gasteiger partial charge in [-0.25, -0.2) is 13.1 Å². The summed E-state index contributed by atoms with van der Waals surface area (Å²) in [7, 11) is -3.36. The zero-order valence-electron chi connectivity index (χ0n) is 12.8. The van der Waals surface area contributed by atoms with Crippen LogP contribution in [0.2, 0.25) is 0 Å². The molecule has 1 fully saturated rings. The van der Waals surface area contributed by atoms with E-state index in [1.165, 1.54) is 4.90 Å². The average Bonchev–Trinajstić information content (AvgIpc) is 2.48. The highest BCUT2D eigenvalue weighted by Crippen LogP contribution is 2.36. The molecule has 0 unspecified atom stereocenters. The fourth-order valence-corrected chi connectivity index (χ4v) is 3.35. The Morgan fingerprint density at radius 2 is 2.00 bits per heavy atom. The van der Waals surface area contributed by atoms with Gasteiger partial charge in [-0.05, 0) is 12.0 Å². The average molecular weight is 340 g/mol. The molecule has 0 bridgehead atoms. The monoisotopic (exact) mass is 340 g/mol. The van der Waals surface area contributed by atoms with E-state index in [1.54, 1.807) is 24.3 Å². The lowest BCUT2D eigenvalue weighted by Gasteiger charge is -2.39.